The van der Waals surface area contributed by atoms with Crippen LogP contribution in [0.4, 0.5) is 22.1 Å². The van der Waals surface area contributed by atoms with Gasteiger partial charge in [0.05, 0.1) is 29.1 Å². The lowest BCUT2D eigenvalue weighted by atomic mass is 10.1. The van der Waals surface area contributed by atoms with Crippen molar-refractivity contribution < 1.29 is 19.0 Å². The first-order valence-electron chi connectivity index (χ1n) is 12.7. The highest BCUT2D eigenvalue weighted by Crippen LogP contribution is 2.43. The van der Waals surface area contributed by atoms with Gasteiger partial charge in [-0.2, -0.15) is 4.98 Å². The molecule has 0 aliphatic carbocycles. The average Bonchev–Trinajstić information content (AvgIpc) is 3.46. The molecule has 2 atom stereocenters. The van der Waals surface area contributed by atoms with E-state index < -0.39 is 5.79 Å². The van der Waals surface area contributed by atoms with E-state index in [4.69, 9.17) is 30.8 Å². The van der Waals surface area contributed by atoms with Gasteiger partial charge in [-0.05, 0) is 51.5 Å². The molecular formula is C27H29ClN6O4. The zero-order valence-electron chi connectivity index (χ0n) is 21.5. The molecule has 3 aliphatic rings. The third-order valence-electron chi connectivity index (χ3n) is 6.87. The van der Waals surface area contributed by atoms with E-state index in [2.05, 4.69) is 20.2 Å². The topological polar surface area (TPSA) is 102 Å². The molecular weight excluding hydrogens is 508 g/mol. The van der Waals surface area contributed by atoms with Crippen LogP contribution in [-0.2, 0) is 9.47 Å². The molecule has 2 fully saturated rings. The van der Waals surface area contributed by atoms with Crippen molar-refractivity contribution in [3.63, 3.8) is 0 Å². The highest BCUT2D eigenvalue weighted by molar-refractivity contribution is 6.33. The van der Waals surface area contributed by atoms with Gasteiger partial charge in [-0.1, -0.05) is 17.7 Å². The second kappa shape index (κ2) is 9.68. The third-order valence-corrected chi connectivity index (χ3v) is 7.15. The number of fused-ring (bicyclic) bond motifs is 4. The Labute approximate surface area is 225 Å². The van der Waals surface area contributed by atoms with Crippen LogP contribution < -0.4 is 19.9 Å². The predicted molar refractivity (Wildman–Crippen MR) is 144 cm³/mol. The lowest BCUT2D eigenvalue weighted by Gasteiger charge is -2.36. The van der Waals surface area contributed by atoms with E-state index in [-0.39, 0.29) is 18.2 Å². The Morgan fingerprint density at radius 3 is 2.92 bits per heavy atom. The van der Waals surface area contributed by atoms with Crippen LogP contribution in [-0.4, -0.2) is 65.2 Å². The normalized spacial score (nSPS) is 21.4. The second-order valence-electron chi connectivity index (χ2n) is 10.2. The number of aryl methyl sites for hydroxylation is 1. The zero-order valence-corrected chi connectivity index (χ0v) is 22.2. The van der Waals surface area contributed by atoms with Crippen molar-refractivity contribution in [2.45, 2.75) is 45.1 Å². The molecule has 3 aromatic heterocycles. The molecule has 0 aromatic carbocycles. The SMILES string of the molecule is Cc1cc(-c2nc3c(cc2Cl)N2CC[C@@H](C2)N3C(=O)Nc2cccc(OC[C@@H]3COC(C)(C)O3)n2)ccn1. The quantitative estimate of drug-likeness (QED) is 0.502. The number of rotatable bonds is 5. The lowest BCUT2D eigenvalue weighted by Crippen LogP contribution is -2.48. The predicted octanol–water partition coefficient (Wildman–Crippen LogP) is 4.66. The summed E-state index contributed by atoms with van der Waals surface area (Å²) in [5.74, 6) is 0.741. The molecule has 6 rings (SSSR count). The molecule has 38 heavy (non-hydrogen) atoms. The summed E-state index contributed by atoms with van der Waals surface area (Å²) >= 11 is 6.68. The summed E-state index contributed by atoms with van der Waals surface area (Å²) in [5.41, 5.74) is 3.18. The van der Waals surface area contributed by atoms with E-state index >= 15 is 0 Å². The summed E-state index contributed by atoms with van der Waals surface area (Å²) in [6, 6.07) is 10.7. The zero-order chi connectivity index (χ0) is 26.4. The first-order valence-corrected chi connectivity index (χ1v) is 13.0. The number of nitrogens with zero attached hydrogens (tertiary/aromatic N) is 5. The Kier molecular flexibility index (Phi) is 6.33. The molecule has 1 N–H and O–H groups in total. The van der Waals surface area contributed by atoms with Gasteiger partial charge in [0.15, 0.2) is 11.6 Å². The van der Waals surface area contributed by atoms with E-state index in [1.807, 2.05) is 39.0 Å². The first kappa shape index (κ1) is 24.8. The molecule has 0 spiro atoms. The minimum atomic E-state index is -0.619. The molecule has 2 amide bonds. The van der Waals surface area contributed by atoms with Crippen LogP contribution in [0.5, 0.6) is 5.88 Å². The molecule has 11 heteroatoms. The standard InChI is InChI=1S/C27H29ClN6O4/c1-16-11-17(7-9-29-16)24-20(28)12-21-25(32-24)34(18-8-10-33(21)13-18)26(35)31-22-5-4-6-23(30-22)36-14-19-15-37-27(2,3)38-19/h4-7,9,11-12,18-19H,8,10,13-15H2,1-3H3,(H,30,31,35)/t18-,19+/m0/s1. The summed E-state index contributed by atoms with van der Waals surface area (Å²) < 4.78 is 17.2. The molecule has 0 unspecified atom stereocenters. The molecule has 3 aliphatic heterocycles. The fraction of sp³-hybridized carbons (Fsp3) is 0.407. The molecule has 2 bridgehead atoms. The molecule has 2 saturated heterocycles. The molecule has 198 valence electrons. The Bertz CT molecular complexity index is 1390. The molecule has 10 nitrogen and oxygen atoms in total. The highest BCUT2D eigenvalue weighted by atomic mass is 35.5. The minimum absolute atomic E-state index is 0.00879. The summed E-state index contributed by atoms with van der Waals surface area (Å²) in [5, 5.41) is 3.47. The second-order valence-corrected chi connectivity index (χ2v) is 10.6. The van der Waals surface area contributed by atoms with Crippen LogP contribution in [0.25, 0.3) is 11.3 Å². The molecule has 6 heterocycles. The van der Waals surface area contributed by atoms with Crippen molar-refractivity contribution in [1.29, 1.82) is 0 Å². The van der Waals surface area contributed by atoms with Gasteiger partial charge >= 0.3 is 6.03 Å². The maximum absolute atomic E-state index is 13.7. The number of amides is 2. The number of anilines is 3. The monoisotopic (exact) mass is 536 g/mol. The third kappa shape index (κ3) is 4.87. The maximum Gasteiger partial charge on any atom is 0.329 e. The summed E-state index contributed by atoms with van der Waals surface area (Å²) in [7, 11) is 0. The van der Waals surface area contributed by atoms with Crippen molar-refractivity contribution >= 4 is 35.0 Å². The van der Waals surface area contributed by atoms with Gasteiger partial charge in [-0.3, -0.25) is 15.2 Å². The van der Waals surface area contributed by atoms with E-state index in [0.717, 1.165) is 36.5 Å². The van der Waals surface area contributed by atoms with Gasteiger partial charge in [-0.15, -0.1) is 0 Å². The summed E-state index contributed by atoms with van der Waals surface area (Å²) in [4.78, 5) is 31.3. The summed E-state index contributed by atoms with van der Waals surface area (Å²) in [6.45, 7) is 7.96. The van der Waals surface area contributed by atoms with Crippen LogP contribution in [0.1, 0.15) is 26.0 Å². The fourth-order valence-corrected chi connectivity index (χ4v) is 5.39. The van der Waals surface area contributed by atoms with Crippen molar-refractivity contribution in [2.75, 3.05) is 41.4 Å². The first-order chi connectivity index (χ1) is 18.3. The minimum Gasteiger partial charge on any atom is -0.475 e. The Balaban J connectivity index is 1.23. The van der Waals surface area contributed by atoms with Gasteiger partial charge in [0, 0.05) is 36.6 Å². The molecule has 0 radical (unpaired) electrons. The highest BCUT2D eigenvalue weighted by Gasteiger charge is 2.41. The summed E-state index contributed by atoms with van der Waals surface area (Å²) in [6.07, 6.45) is 2.38. The van der Waals surface area contributed by atoms with Crippen LogP contribution >= 0.6 is 11.6 Å². The number of carbonyl (C=O) groups excluding carboxylic acids is 1. The van der Waals surface area contributed by atoms with E-state index in [1.165, 1.54) is 0 Å². The maximum atomic E-state index is 13.7. The number of halogens is 1. The number of pyridine rings is 3. The molecule has 3 aromatic rings. The Hall–Kier alpha value is -3.47. The largest absolute Gasteiger partial charge is 0.475 e. The number of nitrogens with one attached hydrogen (secondary N) is 1. The van der Waals surface area contributed by atoms with Crippen LogP contribution in [0.2, 0.25) is 5.02 Å². The van der Waals surface area contributed by atoms with E-state index in [1.54, 1.807) is 29.3 Å². The van der Waals surface area contributed by atoms with E-state index in [9.17, 15) is 4.79 Å². The number of aromatic nitrogens is 3. The Morgan fingerprint density at radius 2 is 2.13 bits per heavy atom. The Morgan fingerprint density at radius 1 is 1.26 bits per heavy atom. The van der Waals surface area contributed by atoms with Crippen LogP contribution in [0.3, 0.4) is 0 Å². The van der Waals surface area contributed by atoms with Crippen LogP contribution in [0.15, 0.2) is 42.6 Å². The number of carbonyl (C=O) groups is 1. The van der Waals surface area contributed by atoms with Gasteiger partial charge in [0.25, 0.3) is 0 Å². The number of hydrogen-bond donors (Lipinski definition) is 1. The number of urea groups is 1. The average molecular weight is 537 g/mol. The van der Waals surface area contributed by atoms with Crippen LogP contribution in [0, 0.1) is 6.92 Å². The van der Waals surface area contributed by atoms with Crippen molar-refractivity contribution in [2.24, 2.45) is 0 Å². The van der Waals surface area contributed by atoms with E-state index in [0.29, 0.717) is 41.4 Å². The van der Waals surface area contributed by atoms with Gasteiger partial charge < -0.3 is 19.1 Å². The van der Waals surface area contributed by atoms with Gasteiger partial charge in [-0.25, -0.2) is 9.78 Å². The van der Waals surface area contributed by atoms with Crippen molar-refractivity contribution in [1.82, 2.24) is 15.0 Å². The number of ether oxygens (including phenoxy) is 3. The van der Waals surface area contributed by atoms with Gasteiger partial charge in [0.1, 0.15) is 18.5 Å². The van der Waals surface area contributed by atoms with Crippen molar-refractivity contribution in [3.05, 3.63) is 53.3 Å². The smallest absolute Gasteiger partial charge is 0.329 e. The number of hydrogen-bond acceptors (Lipinski definition) is 8. The van der Waals surface area contributed by atoms with Crippen molar-refractivity contribution in [3.8, 4) is 17.1 Å². The lowest BCUT2D eigenvalue weighted by molar-refractivity contribution is -0.141. The molecule has 0 saturated carbocycles. The fourth-order valence-electron chi connectivity index (χ4n) is 5.14. The van der Waals surface area contributed by atoms with Gasteiger partial charge in [0.2, 0.25) is 5.88 Å².